The summed E-state index contributed by atoms with van der Waals surface area (Å²) in [7, 11) is 2.04. The summed E-state index contributed by atoms with van der Waals surface area (Å²) in [5.74, 6) is 0.981. The van der Waals surface area contributed by atoms with Crippen molar-refractivity contribution in [2.75, 3.05) is 11.9 Å². The van der Waals surface area contributed by atoms with Crippen LogP contribution < -0.4 is 4.90 Å². The van der Waals surface area contributed by atoms with Crippen molar-refractivity contribution in [3.8, 4) is 0 Å². The number of rotatable bonds is 3. The Bertz CT molecular complexity index is 496. The maximum atomic E-state index is 4.33. The molecule has 0 saturated carbocycles. The SMILES string of the molecule is Cc1ncnc(N(C)Cc2ccncc2)c1C. The minimum atomic E-state index is 0.819. The first kappa shape index (κ1) is 11.5. The van der Waals surface area contributed by atoms with Crippen molar-refractivity contribution in [2.45, 2.75) is 20.4 Å². The van der Waals surface area contributed by atoms with E-state index in [0.717, 1.165) is 23.6 Å². The molecule has 2 rings (SSSR count). The Kier molecular flexibility index (Phi) is 3.32. The lowest BCUT2D eigenvalue weighted by molar-refractivity contribution is 0.873. The monoisotopic (exact) mass is 228 g/mol. The lowest BCUT2D eigenvalue weighted by Crippen LogP contribution is -2.19. The predicted octanol–water partition coefficient (Wildman–Crippen LogP) is 2.12. The van der Waals surface area contributed by atoms with E-state index in [1.54, 1.807) is 18.7 Å². The second-order valence-corrected chi connectivity index (χ2v) is 4.12. The lowest BCUT2D eigenvalue weighted by atomic mass is 10.2. The fraction of sp³-hybridized carbons (Fsp3) is 0.308. The molecule has 88 valence electrons. The molecular weight excluding hydrogens is 212 g/mol. The fourth-order valence-electron chi connectivity index (χ4n) is 1.75. The third-order valence-corrected chi connectivity index (χ3v) is 2.84. The summed E-state index contributed by atoms with van der Waals surface area (Å²) in [5, 5.41) is 0. The number of nitrogens with zero attached hydrogens (tertiary/aromatic N) is 4. The molecule has 0 bridgehead atoms. The third-order valence-electron chi connectivity index (χ3n) is 2.84. The first-order valence-electron chi connectivity index (χ1n) is 5.56. The van der Waals surface area contributed by atoms with E-state index in [9.17, 15) is 0 Å². The van der Waals surface area contributed by atoms with Crippen LogP contribution in [-0.4, -0.2) is 22.0 Å². The van der Waals surface area contributed by atoms with Crippen LogP contribution in [0.15, 0.2) is 30.9 Å². The minimum Gasteiger partial charge on any atom is -0.355 e. The van der Waals surface area contributed by atoms with Crippen LogP contribution in [0.3, 0.4) is 0 Å². The lowest BCUT2D eigenvalue weighted by Gasteiger charge is -2.20. The number of aromatic nitrogens is 3. The van der Waals surface area contributed by atoms with Crippen LogP contribution in [0.5, 0.6) is 0 Å². The van der Waals surface area contributed by atoms with E-state index in [2.05, 4.69) is 19.9 Å². The molecule has 17 heavy (non-hydrogen) atoms. The van der Waals surface area contributed by atoms with Gasteiger partial charge in [0.05, 0.1) is 0 Å². The molecule has 0 amide bonds. The molecule has 0 aliphatic rings. The van der Waals surface area contributed by atoms with Gasteiger partial charge in [0.25, 0.3) is 0 Å². The van der Waals surface area contributed by atoms with E-state index >= 15 is 0 Å². The number of hydrogen-bond donors (Lipinski definition) is 0. The Morgan fingerprint density at radius 2 is 1.82 bits per heavy atom. The highest BCUT2D eigenvalue weighted by Crippen LogP contribution is 2.18. The number of pyridine rings is 1. The topological polar surface area (TPSA) is 41.9 Å². The molecular formula is C13H16N4. The van der Waals surface area contributed by atoms with Gasteiger partial charge < -0.3 is 4.90 Å². The van der Waals surface area contributed by atoms with Crippen LogP contribution in [-0.2, 0) is 6.54 Å². The van der Waals surface area contributed by atoms with Crippen LogP contribution in [0.4, 0.5) is 5.82 Å². The normalized spacial score (nSPS) is 10.3. The van der Waals surface area contributed by atoms with Crippen molar-refractivity contribution in [1.82, 2.24) is 15.0 Å². The van der Waals surface area contributed by atoms with E-state index < -0.39 is 0 Å². The van der Waals surface area contributed by atoms with Gasteiger partial charge in [-0.2, -0.15) is 0 Å². The standard InChI is InChI=1S/C13H16N4/c1-10-11(2)15-9-16-13(10)17(3)8-12-4-6-14-7-5-12/h4-7,9H,8H2,1-3H3. The summed E-state index contributed by atoms with van der Waals surface area (Å²) >= 11 is 0. The largest absolute Gasteiger partial charge is 0.355 e. The molecule has 2 aromatic heterocycles. The molecule has 0 aliphatic heterocycles. The van der Waals surface area contributed by atoms with Crippen molar-refractivity contribution < 1.29 is 0 Å². The predicted molar refractivity (Wildman–Crippen MR) is 67.9 cm³/mol. The average molecular weight is 228 g/mol. The maximum absolute atomic E-state index is 4.33. The molecule has 4 nitrogen and oxygen atoms in total. The molecule has 2 aromatic rings. The Morgan fingerprint density at radius 1 is 1.12 bits per heavy atom. The molecule has 4 heteroatoms. The molecule has 0 spiro atoms. The number of aryl methyl sites for hydroxylation is 1. The van der Waals surface area contributed by atoms with Crippen molar-refractivity contribution in [2.24, 2.45) is 0 Å². The van der Waals surface area contributed by atoms with E-state index in [-0.39, 0.29) is 0 Å². The molecule has 2 heterocycles. The van der Waals surface area contributed by atoms with Crippen molar-refractivity contribution >= 4 is 5.82 Å². The van der Waals surface area contributed by atoms with Gasteiger partial charge in [0.2, 0.25) is 0 Å². The zero-order valence-corrected chi connectivity index (χ0v) is 10.4. The van der Waals surface area contributed by atoms with Crippen molar-refractivity contribution in [3.63, 3.8) is 0 Å². The molecule has 0 radical (unpaired) electrons. The highest BCUT2D eigenvalue weighted by atomic mass is 15.2. The molecule has 0 N–H and O–H groups in total. The van der Waals surface area contributed by atoms with Gasteiger partial charge in [0.15, 0.2) is 0 Å². The van der Waals surface area contributed by atoms with Crippen LogP contribution in [0, 0.1) is 13.8 Å². The van der Waals surface area contributed by atoms with Gasteiger partial charge in [0.1, 0.15) is 12.1 Å². The number of anilines is 1. The summed E-state index contributed by atoms with van der Waals surface area (Å²) in [5.41, 5.74) is 3.37. The Balaban J connectivity index is 2.20. The summed E-state index contributed by atoms with van der Waals surface area (Å²) in [6.07, 6.45) is 5.23. The smallest absolute Gasteiger partial charge is 0.135 e. The van der Waals surface area contributed by atoms with Crippen LogP contribution in [0.2, 0.25) is 0 Å². The highest BCUT2D eigenvalue weighted by molar-refractivity contribution is 5.47. The summed E-state index contributed by atoms with van der Waals surface area (Å²) < 4.78 is 0. The van der Waals surface area contributed by atoms with Gasteiger partial charge in [-0.1, -0.05) is 0 Å². The van der Waals surface area contributed by atoms with Gasteiger partial charge in [-0.15, -0.1) is 0 Å². The summed E-state index contributed by atoms with van der Waals surface area (Å²) in [6.45, 7) is 4.87. The summed E-state index contributed by atoms with van der Waals surface area (Å²) in [6, 6.07) is 4.03. The van der Waals surface area contributed by atoms with E-state index in [1.165, 1.54) is 5.56 Å². The van der Waals surface area contributed by atoms with Gasteiger partial charge in [-0.05, 0) is 31.5 Å². The molecule has 0 aromatic carbocycles. The zero-order valence-electron chi connectivity index (χ0n) is 10.4. The van der Waals surface area contributed by atoms with E-state index in [1.807, 2.05) is 33.0 Å². The zero-order chi connectivity index (χ0) is 12.3. The third kappa shape index (κ3) is 2.58. The molecule has 0 atom stereocenters. The van der Waals surface area contributed by atoms with Gasteiger partial charge in [-0.3, -0.25) is 4.98 Å². The van der Waals surface area contributed by atoms with Crippen LogP contribution >= 0.6 is 0 Å². The van der Waals surface area contributed by atoms with Gasteiger partial charge in [-0.25, -0.2) is 9.97 Å². The first-order valence-corrected chi connectivity index (χ1v) is 5.56. The molecule has 0 aliphatic carbocycles. The van der Waals surface area contributed by atoms with Crippen molar-refractivity contribution in [1.29, 1.82) is 0 Å². The Labute approximate surface area is 101 Å². The molecule has 0 fully saturated rings. The van der Waals surface area contributed by atoms with Gasteiger partial charge >= 0.3 is 0 Å². The second-order valence-electron chi connectivity index (χ2n) is 4.12. The van der Waals surface area contributed by atoms with Crippen LogP contribution in [0.1, 0.15) is 16.8 Å². The van der Waals surface area contributed by atoms with Crippen LogP contribution in [0.25, 0.3) is 0 Å². The Hall–Kier alpha value is -1.97. The minimum absolute atomic E-state index is 0.819. The molecule has 0 unspecified atom stereocenters. The quantitative estimate of drug-likeness (QED) is 0.807. The van der Waals surface area contributed by atoms with Gasteiger partial charge in [0, 0.05) is 37.2 Å². The van der Waals surface area contributed by atoms with E-state index in [4.69, 9.17) is 0 Å². The Morgan fingerprint density at radius 3 is 2.53 bits per heavy atom. The first-order chi connectivity index (χ1) is 8.18. The average Bonchev–Trinajstić information content (AvgIpc) is 2.34. The van der Waals surface area contributed by atoms with E-state index in [0.29, 0.717) is 0 Å². The van der Waals surface area contributed by atoms with Crippen molar-refractivity contribution in [3.05, 3.63) is 47.7 Å². The summed E-state index contributed by atoms with van der Waals surface area (Å²) in [4.78, 5) is 14.7. The fourth-order valence-corrected chi connectivity index (χ4v) is 1.75. The second kappa shape index (κ2) is 4.91. The highest BCUT2D eigenvalue weighted by Gasteiger charge is 2.08. The maximum Gasteiger partial charge on any atom is 0.135 e. The number of hydrogen-bond acceptors (Lipinski definition) is 4. The molecule has 0 saturated heterocycles.